The minimum atomic E-state index is -0.405. The molecule has 1 unspecified atom stereocenters. The van der Waals surface area contributed by atoms with Crippen molar-refractivity contribution in [1.82, 2.24) is 9.80 Å². The number of likely N-dealkylation sites (tertiary alicyclic amines) is 2. The summed E-state index contributed by atoms with van der Waals surface area (Å²) in [6.45, 7) is 14.6. The summed E-state index contributed by atoms with van der Waals surface area (Å²) in [5.74, 6) is 0. The monoisotopic (exact) mass is 252 g/mol. The summed E-state index contributed by atoms with van der Waals surface area (Å²) in [5.41, 5.74) is 0.905. The first-order valence-corrected chi connectivity index (χ1v) is 6.69. The molecule has 1 atom stereocenters. The lowest BCUT2D eigenvalue weighted by atomic mass is 10.1. The van der Waals surface area contributed by atoms with Crippen molar-refractivity contribution in [3.05, 3.63) is 12.2 Å². The van der Waals surface area contributed by atoms with Gasteiger partial charge in [0, 0.05) is 31.7 Å². The molecule has 0 N–H and O–H groups in total. The van der Waals surface area contributed by atoms with Gasteiger partial charge in [-0.05, 0) is 34.1 Å². The number of hydrogen-bond acceptors (Lipinski definition) is 3. The Morgan fingerprint density at radius 2 is 2.00 bits per heavy atom. The van der Waals surface area contributed by atoms with Gasteiger partial charge in [-0.25, -0.2) is 4.79 Å². The van der Waals surface area contributed by atoms with Crippen LogP contribution in [0.15, 0.2) is 12.2 Å². The van der Waals surface area contributed by atoms with E-state index in [-0.39, 0.29) is 6.09 Å². The highest BCUT2D eigenvalue weighted by Crippen LogP contribution is 2.28. The van der Waals surface area contributed by atoms with E-state index in [1.54, 1.807) is 4.90 Å². The van der Waals surface area contributed by atoms with Gasteiger partial charge in [0.15, 0.2) is 0 Å². The zero-order valence-corrected chi connectivity index (χ0v) is 11.9. The van der Waals surface area contributed by atoms with Gasteiger partial charge in [-0.15, -0.1) is 0 Å². The minimum absolute atomic E-state index is 0.190. The predicted molar refractivity (Wildman–Crippen MR) is 71.5 cm³/mol. The quantitative estimate of drug-likeness (QED) is 0.671. The molecule has 0 radical (unpaired) electrons. The Labute approximate surface area is 110 Å². The molecule has 4 nitrogen and oxygen atoms in total. The van der Waals surface area contributed by atoms with E-state index >= 15 is 0 Å². The molecule has 4 heteroatoms. The summed E-state index contributed by atoms with van der Waals surface area (Å²) >= 11 is 0. The first-order chi connectivity index (χ1) is 8.28. The molecule has 2 heterocycles. The minimum Gasteiger partial charge on any atom is -0.444 e. The zero-order valence-electron chi connectivity index (χ0n) is 11.9. The molecule has 2 aliphatic heterocycles. The standard InChI is InChI=1S/C14H24N2O2/c1-10-6-7-16(11(10)2)12-8-15(9-12)13(17)18-14(3,4)5/h11-12H,1,6-9H2,2-5H3. The summed E-state index contributed by atoms with van der Waals surface area (Å²) in [4.78, 5) is 16.0. The predicted octanol–water partition coefficient (Wildman–Crippen LogP) is 2.26. The molecule has 2 rings (SSSR count). The van der Waals surface area contributed by atoms with E-state index < -0.39 is 5.60 Å². The first kappa shape index (κ1) is 13.4. The topological polar surface area (TPSA) is 32.8 Å². The van der Waals surface area contributed by atoms with Gasteiger partial charge in [-0.2, -0.15) is 0 Å². The van der Waals surface area contributed by atoms with Crippen LogP contribution in [0.25, 0.3) is 0 Å². The maximum absolute atomic E-state index is 11.8. The Morgan fingerprint density at radius 1 is 1.39 bits per heavy atom. The highest BCUT2D eigenvalue weighted by atomic mass is 16.6. The van der Waals surface area contributed by atoms with E-state index in [0.29, 0.717) is 12.1 Å². The second kappa shape index (κ2) is 4.57. The highest BCUT2D eigenvalue weighted by molar-refractivity contribution is 5.69. The molecule has 0 aliphatic carbocycles. The molecule has 0 bridgehead atoms. The molecule has 2 fully saturated rings. The lowest BCUT2D eigenvalue weighted by Gasteiger charge is -2.45. The van der Waals surface area contributed by atoms with Crippen molar-refractivity contribution in [3.8, 4) is 0 Å². The molecule has 102 valence electrons. The van der Waals surface area contributed by atoms with E-state index in [1.165, 1.54) is 5.57 Å². The second-order valence-corrected chi connectivity index (χ2v) is 6.36. The van der Waals surface area contributed by atoms with Gasteiger partial charge in [-0.1, -0.05) is 12.2 Å². The molecule has 0 spiro atoms. The number of carbonyl (C=O) groups excluding carboxylic acids is 1. The van der Waals surface area contributed by atoms with E-state index in [0.717, 1.165) is 26.1 Å². The second-order valence-electron chi connectivity index (χ2n) is 6.36. The molecule has 2 aliphatic rings. The van der Waals surface area contributed by atoms with Crippen LogP contribution in [0.1, 0.15) is 34.1 Å². The Morgan fingerprint density at radius 3 is 2.44 bits per heavy atom. The van der Waals surface area contributed by atoms with Gasteiger partial charge in [-0.3, -0.25) is 4.90 Å². The maximum atomic E-state index is 11.8. The third kappa shape index (κ3) is 2.69. The van der Waals surface area contributed by atoms with Crippen LogP contribution in [0.3, 0.4) is 0 Å². The van der Waals surface area contributed by atoms with Crippen LogP contribution < -0.4 is 0 Å². The van der Waals surface area contributed by atoms with Crippen molar-refractivity contribution in [2.75, 3.05) is 19.6 Å². The van der Waals surface area contributed by atoms with Crippen molar-refractivity contribution in [3.63, 3.8) is 0 Å². The molecule has 2 saturated heterocycles. The van der Waals surface area contributed by atoms with Crippen molar-refractivity contribution in [1.29, 1.82) is 0 Å². The summed E-state index contributed by atoms with van der Waals surface area (Å²) < 4.78 is 5.35. The van der Waals surface area contributed by atoms with Gasteiger partial charge < -0.3 is 9.64 Å². The van der Waals surface area contributed by atoms with Crippen LogP contribution in [-0.4, -0.2) is 53.2 Å². The highest BCUT2D eigenvalue weighted by Gasteiger charge is 2.40. The molecule has 0 aromatic heterocycles. The molecule has 18 heavy (non-hydrogen) atoms. The van der Waals surface area contributed by atoms with Crippen molar-refractivity contribution < 1.29 is 9.53 Å². The fourth-order valence-electron chi connectivity index (χ4n) is 2.55. The van der Waals surface area contributed by atoms with E-state index in [1.807, 2.05) is 20.8 Å². The summed E-state index contributed by atoms with van der Waals surface area (Å²) in [7, 11) is 0. The lowest BCUT2D eigenvalue weighted by Crippen LogP contribution is -2.62. The molecule has 1 amide bonds. The molecular weight excluding hydrogens is 228 g/mol. The zero-order chi connectivity index (χ0) is 13.5. The van der Waals surface area contributed by atoms with Gasteiger partial charge >= 0.3 is 6.09 Å². The molecule has 0 aromatic carbocycles. The van der Waals surface area contributed by atoms with Gasteiger partial charge in [0.25, 0.3) is 0 Å². The summed E-state index contributed by atoms with van der Waals surface area (Å²) in [6, 6.07) is 0.933. The van der Waals surface area contributed by atoms with Gasteiger partial charge in [0.1, 0.15) is 5.60 Å². The number of carbonyl (C=O) groups is 1. The smallest absolute Gasteiger partial charge is 0.410 e. The molecular formula is C14H24N2O2. The van der Waals surface area contributed by atoms with Crippen LogP contribution in [0.2, 0.25) is 0 Å². The molecule has 0 aromatic rings. The lowest BCUT2D eigenvalue weighted by molar-refractivity contribution is -0.0156. The SMILES string of the molecule is C=C1CCN(C2CN(C(=O)OC(C)(C)C)C2)C1C. The van der Waals surface area contributed by atoms with E-state index in [2.05, 4.69) is 18.4 Å². The third-order valence-corrected chi connectivity index (χ3v) is 3.76. The third-order valence-electron chi connectivity index (χ3n) is 3.76. The molecule has 0 saturated carbocycles. The normalized spacial score (nSPS) is 26.3. The first-order valence-electron chi connectivity index (χ1n) is 6.69. The van der Waals surface area contributed by atoms with Crippen molar-refractivity contribution >= 4 is 6.09 Å². The largest absolute Gasteiger partial charge is 0.444 e. The Hall–Kier alpha value is -1.03. The number of amides is 1. The maximum Gasteiger partial charge on any atom is 0.410 e. The number of hydrogen-bond donors (Lipinski definition) is 0. The van der Waals surface area contributed by atoms with Crippen LogP contribution in [0, 0.1) is 0 Å². The fourth-order valence-corrected chi connectivity index (χ4v) is 2.55. The average Bonchev–Trinajstić information content (AvgIpc) is 2.44. The number of nitrogens with zero attached hydrogens (tertiary/aromatic N) is 2. The van der Waals surface area contributed by atoms with Crippen LogP contribution in [0.4, 0.5) is 4.79 Å². The Kier molecular flexibility index (Phi) is 3.41. The Balaban J connectivity index is 1.80. The van der Waals surface area contributed by atoms with Gasteiger partial charge in [0.2, 0.25) is 0 Å². The number of rotatable bonds is 1. The fraction of sp³-hybridized carbons (Fsp3) is 0.786. The Bertz CT molecular complexity index is 353. The van der Waals surface area contributed by atoms with Crippen LogP contribution >= 0.6 is 0 Å². The van der Waals surface area contributed by atoms with E-state index in [4.69, 9.17) is 4.74 Å². The summed E-state index contributed by atoms with van der Waals surface area (Å²) in [5, 5.41) is 0. The van der Waals surface area contributed by atoms with Crippen molar-refractivity contribution in [2.24, 2.45) is 0 Å². The number of ether oxygens (including phenoxy) is 1. The van der Waals surface area contributed by atoms with Crippen LogP contribution in [0.5, 0.6) is 0 Å². The summed E-state index contributed by atoms with van der Waals surface area (Å²) in [6.07, 6.45) is 0.897. The average molecular weight is 252 g/mol. The van der Waals surface area contributed by atoms with E-state index in [9.17, 15) is 4.79 Å². The van der Waals surface area contributed by atoms with Crippen LogP contribution in [-0.2, 0) is 4.74 Å². The van der Waals surface area contributed by atoms with Crippen molar-refractivity contribution in [2.45, 2.75) is 51.8 Å². The van der Waals surface area contributed by atoms with Gasteiger partial charge in [0.05, 0.1) is 0 Å².